The van der Waals surface area contributed by atoms with E-state index in [9.17, 15) is 4.79 Å². The fraction of sp³-hybridized carbons (Fsp3) is 0.308. The maximum absolute atomic E-state index is 10.9. The van der Waals surface area contributed by atoms with Crippen molar-refractivity contribution in [2.24, 2.45) is 0 Å². The van der Waals surface area contributed by atoms with Crippen LogP contribution in [0.1, 0.15) is 29.3 Å². The summed E-state index contributed by atoms with van der Waals surface area (Å²) in [6.07, 6.45) is 4.90. The fourth-order valence-electron chi connectivity index (χ4n) is 1.38. The highest BCUT2D eigenvalue weighted by atomic mass is 16.5. The van der Waals surface area contributed by atoms with E-state index in [1.807, 2.05) is 19.1 Å². The number of benzene rings is 1. The molecule has 1 rings (SSSR count). The van der Waals surface area contributed by atoms with Crippen molar-refractivity contribution in [2.45, 2.75) is 20.3 Å². The fourth-order valence-corrected chi connectivity index (χ4v) is 1.38. The zero-order valence-electron chi connectivity index (χ0n) is 9.56. The van der Waals surface area contributed by atoms with Crippen molar-refractivity contribution in [2.75, 3.05) is 6.61 Å². The highest BCUT2D eigenvalue weighted by Crippen LogP contribution is 2.21. The summed E-state index contributed by atoms with van der Waals surface area (Å²) in [6.45, 7) is 4.27. The SMILES string of the molecule is CC/C=C\COc1cccc(C(=O)O)c1C. The van der Waals surface area contributed by atoms with E-state index in [1.54, 1.807) is 25.1 Å². The Morgan fingerprint density at radius 1 is 1.44 bits per heavy atom. The first-order chi connectivity index (χ1) is 7.66. The predicted molar refractivity (Wildman–Crippen MR) is 63.1 cm³/mol. The van der Waals surface area contributed by atoms with Gasteiger partial charge in [0.05, 0.1) is 5.56 Å². The molecule has 0 aromatic heterocycles. The van der Waals surface area contributed by atoms with Gasteiger partial charge in [0.15, 0.2) is 0 Å². The molecule has 0 saturated heterocycles. The third kappa shape index (κ3) is 3.12. The largest absolute Gasteiger partial charge is 0.489 e. The lowest BCUT2D eigenvalue weighted by Gasteiger charge is -2.08. The van der Waals surface area contributed by atoms with E-state index in [0.29, 0.717) is 17.9 Å². The second-order valence-corrected chi connectivity index (χ2v) is 3.42. The molecule has 0 amide bonds. The van der Waals surface area contributed by atoms with Gasteiger partial charge in [-0.1, -0.05) is 25.1 Å². The van der Waals surface area contributed by atoms with Crippen LogP contribution in [0.2, 0.25) is 0 Å². The number of allylic oxidation sites excluding steroid dienone is 1. The van der Waals surface area contributed by atoms with Gasteiger partial charge in [-0.2, -0.15) is 0 Å². The topological polar surface area (TPSA) is 46.5 Å². The Balaban J connectivity index is 2.77. The van der Waals surface area contributed by atoms with E-state index < -0.39 is 5.97 Å². The van der Waals surface area contributed by atoms with Crippen molar-refractivity contribution < 1.29 is 14.6 Å². The van der Waals surface area contributed by atoms with E-state index in [1.165, 1.54) is 0 Å². The van der Waals surface area contributed by atoms with Crippen LogP contribution in [-0.4, -0.2) is 17.7 Å². The molecule has 0 heterocycles. The minimum absolute atomic E-state index is 0.289. The zero-order valence-corrected chi connectivity index (χ0v) is 9.56. The first kappa shape index (κ1) is 12.3. The van der Waals surface area contributed by atoms with Crippen molar-refractivity contribution in [3.63, 3.8) is 0 Å². The van der Waals surface area contributed by atoms with Crippen LogP contribution >= 0.6 is 0 Å². The minimum Gasteiger partial charge on any atom is -0.489 e. The number of ether oxygens (including phenoxy) is 1. The Hall–Kier alpha value is -1.77. The van der Waals surface area contributed by atoms with Gasteiger partial charge in [-0.25, -0.2) is 4.79 Å². The van der Waals surface area contributed by atoms with Gasteiger partial charge in [-0.05, 0) is 25.5 Å². The molecule has 0 aliphatic heterocycles. The van der Waals surface area contributed by atoms with Crippen molar-refractivity contribution in [3.05, 3.63) is 41.5 Å². The molecular weight excluding hydrogens is 204 g/mol. The second kappa shape index (κ2) is 5.95. The standard InChI is InChI=1S/C13H16O3/c1-3-4-5-9-16-12-8-6-7-11(10(12)2)13(14)15/h4-8H,3,9H2,1-2H3,(H,14,15)/b5-4-. The summed E-state index contributed by atoms with van der Waals surface area (Å²) in [5.74, 6) is -0.298. The molecule has 16 heavy (non-hydrogen) atoms. The summed E-state index contributed by atoms with van der Waals surface area (Å²) in [5.41, 5.74) is 0.955. The van der Waals surface area contributed by atoms with Gasteiger partial charge < -0.3 is 9.84 Å². The molecule has 3 heteroatoms. The summed E-state index contributed by atoms with van der Waals surface area (Å²) < 4.78 is 5.48. The lowest BCUT2D eigenvalue weighted by molar-refractivity contribution is 0.0695. The van der Waals surface area contributed by atoms with Crippen molar-refractivity contribution >= 4 is 5.97 Å². The second-order valence-electron chi connectivity index (χ2n) is 3.42. The van der Waals surface area contributed by atoms with Crippen LogP contribution in [0.3, 0.4) is 0 Å². The molecule has 0 bridgehead atoms. The van der Waals surface area contributed by atoms with Crippen molar-refractivity contribution in [3.8, 4) is 5.75 Å². The summed E-state index contributed by atoms with van der Waals surface area (Å²) >= 11 is 0. The number of carboxylic acid groups (broad SMARTS) is 1. The number of carbonyl (C=O) groups is 1. The van der Waals surface area contributed by atoms with Gasteiger partial charge in [0.25, 0.3) is 0 Å². The van der Waals surface area contributed by atoms with Gasteiger partial charge in [-0.3, -0.25) is 0 Å². The van der Waals surface area contributed by atoms with Crippen molar-refractivity contribution in [1.82, 2.24) is 0 Å². The normalized spacial score (nSPS) is 10.6. The Morgan fingerprint density at radius 3 is 2.81 bits per heavy atom. The van der Waals surface area contributed by atoms with Crippen LogP contribution < -0.4 is 4.74 Å². The number of hydrogen-bond acceptors (Lipinski definition) is 2. The molecule has 0 radical (unpaired) electrons. The van der Waals surface area contributed by atoms with Gasteiger partial charge in [-0.15, -0.1) is 0 Å². The molecular formula is C13H16O3. The molecule has 0 aliphatic carbocycles. The average Bonchev–Trinajstić information content (AvgIpc) is 2.26. The maximum Gasteiger partial charge on any atom is 0.336 e. The lowest BCUT2D eigenvalue weighted by atomic mass is 10.1. The number of carboxylic acids is 1. The molecule has 86 valence electrons. The highest BCUT2D eigenvalue weighted by molar-refractivity contribution is 5.90. The summed E-state index contributed by atoms with van der Waals surface area (Å²) in [5, 5.41) is 8.93. The molecule has 1 aromatic rings. The molecule has 1 N–H and O–H groups in total. The number of hydrogen-bond donors (Lipinski definition) is 1. The predicted octanol–water partition coefficient (Wildman–Crippen LogP) is 3.04. The minimum atomic E-state index is -0.924. The molecule has 3 nitrogen and oxygen atoms in total. The Kier molecular flexibility index (Phi) is 4.58. The van der Waals surface area contributed by atoms with Gasteiger partial charge in [0.1, 0.15) is 12.4 Å². The first-order valence-electron chi connectivity index (χ1n) is 5.27. The molecule has 0 atom stereocenters. The highest BCUT2D eigenvalue weighted by Gasteiger charge is 2.10. The van der Waals surface area contributed by atoms with Crippen LogP contribution in [0.25, 0.3) is 0 Å². The van der Waals surface area contributed by atoms with Gasteiger partial charge in [0, 0.05) is 5.56 Å². The van der Waals surface area contributed by atoms with Crippen LogP contribution in [0, 0.1) is 6.92 Å². The first-order valence-corrected chi connectivity index (χ1v) is 5.27. The molecule has 1 aromatic carbocycles. The van der Waals surface area contributed by atoms with E-state index in [2.05, 4.69) is 0 Å². The average molecular weight is 220 g/mol. The smallest absolute Gasteiger partial charge is 0.336 e. The maximum atomic E-state index is 10.9. The zero-order chi connectivity index (χ0) is 12.0. The van der Waals surface area contributed by atoms with Crippen LogP contribution in [-0.2, 0) is 0 Å². The molecule has 0 unspecified atom stereocenters. The van der Waals surface area contributed by atoms with Crippen LogP contribution in [0.5, 0.6) is 5.75 Å². The summed E-state index contributed by atoms with van der Waals surface area (Å²) in [7, 11) is 0. The Bertz CT molecular complexity index is 394. The lowest BCUT2D eigenvalue weighted by Crippen LogP contribution is -2.03. The van der Waals surface area contributed by atoms with E-state index in [-0.39, 0.29) is 5.56 Å². The summed E-state index contributed by atoms with van der Waals surface area (Å²) in [6, 6.07) is 5.04. The molecule has 0 fully saturated rings. The number of aromatic carboxylic acids is 1. The van der Waals surface area contributed by atoms with Gasteiger partial charge in [0.2, 0.25) is 0 Å². The Labute approximate surface area is 95.4 Å². The third-order valence-corrected chi connectivity index (χ3v) is 2.25. The van der Waals surface area contributed by atoms with Crippen LogP contribution in [0.4, 0.5) is 0 Å². The number of rotatable bonds is 5. The molecule has 0 aliphatic rings. The summed E-state index contributed by atoms with van der Waals surface area (Å²) in [4.78, 5) is 10.9. The van der Waals surface area contributed by atoms with Gasteiger partial charge >= 0.3 is 5.97 Å². The molecule has 0 saturated carbocycles. The quantitative estimate of drug-likeness (QED) is 0.776. The third-order valence-electron chi connectivity index (χ3n) is 2.25. The van der Waals surface area contributed by atoms with E-state index >= 15 is 0 Å². The Morgan fingerprint density at radius 2 is 2.19 bits per heavy atom. The van der Waals surface area contributed by atoms with E-state index in [4.69, 9.17) is 9.84 Å². The van der Waals surface area contributed by atoms with E-state index in [0.717, 1.165) is 6.42 Å². The van der Waals surface area contributed by atoms with Crippen molar-refractivity contribution in [1.29, 1.82) is 0 Å². The molecule has 0 spiro atoms. The monoisotopic (exact) mass is 220 g/mol. The van der Waals surface area contributed by atoms with Crippen LogP contribution in [0.15, 0.2) is 30.4 Å².